The second-order valence-corrected chi connectivity index (χ2v) is 5.33. The summed E-state index contributed by atoms with van der Waals surface area (Å²) in [6.07, 6.45) is 3.54. The molecular formula is C16H17N3O3. The van der Waals surface area contributed by atoms with Crippen LogP contribution in [0.5, 0.6) is 0 Å². The maximum absolute atomic E-state index is 12.4. The van der Waals surface area contributed by atoms with Crippen molar-refractivity contribution in [1.29, 1.82) is 0 Å². The van der Waals surface area contributed by atoms with Gasteiger partial charge in [-0.25, -0.2) is 0 Å². The van der Waals surface area contributed by atoms with E-state index in [4.69, 9.17) is 5.11 Å². The van der Waals surface area contributed by atoms with Crippen LogP contribution >= 0.6 is 0 Å². The highest BCUT2D eigenvalue weighted by atomic mass is 16.3. The van der Waals surface area contributed by atoms with Crippen molar-refractivity contribution in [3.05, 3.63) is 46.8 Å². The quantitative estimate of drug-likeness (QED) is 0.699. The molecule has 1 aliphatic carbocycles. The summed E-state index contributed by atoms with van der Waals surface area (Å²) in [6, 6.07) is 6.76. The van der Waals surface area contributed by atoms with Gasteiger partial charge in [0.2, 0.25) is 11.6 Å². The van der Waals surface area contributed by atoms with Gasteiger partial charge in [0.1, 0.15) is 0 Å². The molecular weight excluding hydrogens is 282 g/mol. The van der Waals surface area contributed by atoms with Crippen LogP contribution in [0.15, 0.2) is 24.3 Å². The van der Waals surface area contributed by atoms with E-state index in [9.17, 15) is 9.59 Å². The minimum atomic E-state index is -0.239. The molecule has 1 aromatic carbocycles. The van der Waals surface area contributed by atoms with Crippen LogP contribution in [0.3, 0.4) is 0 Å². The second-order valence-electron chi connectivity index (χ2n) is 5.33. The molecule has 1 aromatic heterocycles. The molecule has 0 spiro atoms. The Morgan fingerprint density at radius 1 is 0.864 bits per heavy atom. The minimum absolute atomic E-state index is 0.152. The maximum Gasteiger partial charge on any atom is 0.216 e. The number of hydrogen-bond acceptors (Lipinski definition) is 5. The molecule has 0 saturated carbocycles. The molecule has 0 unspecified atom stereocenters. The lowest BCUT2D eigenvalue weighted by Gasteiger charge is -2.10. The molecule has 0 aliphatic heterocycles. The van der Waals surface area contributed by atoms with Gasteiger partial charge in [0.25, 0.3) is 0 Å². The van der Waals surface area contributed by atoms with E-state index in [1.54, 1.807) is 24.3 Å². The van der Waals surface area contributed by atoms with Crippen molar-refractivity contribution in [2.45, 2.75) is 32.2 Å². The fourth-order valence-electron chi connectivity index (χ4n) is 2.61. The molecule has 22 heavy (non-hydrogen) atoms. The second kappa shape index (κ2) is 6.19. The van der Waals surface area contributed by atoms with Gasteiger partial charge in [-0.05, 0) is 12.8 Å². The van der Waals surface area contributed by atoms with Gasteiger partial charge in [-0.3, -0.25) is 9.59 Å². The van der Waals surface area contributed by atoms with Crippen molar-refractivity contribution in [3.63, 3.8) is 0 Å². The van der Waals surface area contributed by atoms with Crippen LogP contribution in [0.1, 0.15) is 57.8 Å². The number of benzene rings is 1. The molecule has 0 atom stereocenters. The van der Waals surface area contributed by atoms with Crippen LogP contribution in [0.25, 0.3) is 0 Å². The maximum atomic E-state index is 12.4. The predicted molar refractivity (Wildman–Crippen MR) is 78.9 cm³/mol. The number of fused-ring (bicyclic) bond motifs is 2. The van der Waals surface area contributed by atoms with Gasteiger partial charge in [0, 0.05) is 17.7 Å². The first-order chi connectivity index (χ1) is 10.7. The van der Waals surface area contributed by atoms with Gasteiger partial charge < -0.3 is 5.11 Å². The molecule has 1 aliphatic rings. The lowest BCUT2D eigenvalue weighted by molar-refractivity contribution is 0.0974. The predicted octanol–water partition coefficient (Wildman–Crippen LogP) is 1.61. The fraction of sp³-hybridized carbons (Fsp3) is 0.375. The van der Waals surface area contributed by atoms with Gasteiger partial charge in [-0.2, -0.15) is 4.80 Å². The summed E-state index contributed by atoms with van der Waals surface area (Å²) in [5, 5.41) is 17.1. The van der Waals surface area contributed by atoms with Crippen molar-refractivity contribution >= 4 is 11.6 Å². The zero-order valence-corrected chi connectivity index (χ0v) is 12.2. The molecule has 3 rings (SSSR count). The molecule has 6 heteroatoms. The van der Waals surface area contributed by atoms with Gasteiger partial charge in [0.05, 0.1) is 6.54 Å². The highest BCUT2D eigenvalue weighted by Crippen LogP contribution is 2.24. The van der Waals surface area contributed by atoms with E-state index in [1.165, 1.54) is 4.80 Å². The van der Waals surface area contributed by atoms with Gasteiger partial charge in [-0.1, -0.05) is 37.1 Å². The van der Waals surface area contributed by atoms with Crippen molar-refractivity contribution in [2.75, 3.05) is 6.61 Å². The van der Waals surface area contributed by atoms with E-state index < -0.39 is 0 Å². The molecule has 114 valence electrons. The Bertz CT molecular complexity index is 669. The normalized spacial score (nSPS) is 13.1. The molecule has 0 fully saturated rings. The first-order valence-corrected chi connectivity index (χ1v) is 7.47. The van der Waals surface area contributed by atoms with E-state index >= 15 is 0 Å². The van der Waals surface area contributed by atoms with Crippen molar-refractivity contribution in [2.24, 2.45) is 0 Å². The van der Waals surface area contributed by atoms with Crippen molar-refractivity contribution in [1.82, 2.24) is 15.0 Å². The number of aliphatic hydroxyl groups is 1. The Morgan fingerprint density at radius 3 is 1.95 bits per heavy atom. The number of unbranched alkanes of at least 4 members (excludes halogenated alkanes) is 3. The van der Waals surface area contributed by atoms with Gasteiger partial charge in [-0.15, -0.1) is 10.2 Å². The molecule has 0 bridgehead atoms. The standard InChI is InChI=1S/C16H17N3O3/c20-10-6-2-1-5-9-19-17-13-14(18-19)16(22)12-8-4-3-7-11(12)15(13)21/h3-4,7-8,20H,1-2,5-6,9-10H2. The van der Waals surface area contributed by atoms with Crippen LogP contribution in [-0.2, 0) is 6.54 Å². The summed E-state index contributed by atoms with van der Waals surface area (Å²) in [4.78, 5) is 26.2. The van der Waals surface area contributed by atoms with E-state index in [0.29, 0.717) is 17.7 Å². The van der Waals surface area contributed by atoms with E-state index in [1.807, 2.05) is 0 Å². The molecule has 2 aromatic rings. The number of nitrogens with zero attached hydrogens (tertiary/aromatic N) is 3. The largest absolute Gasteiger partial charge is 0.396 e. The topological polar surface area (TPSA) is 85.1 Å². The lowest BCUT2D eigenvalue weighted by Crippen LogP contribution is -2.20. The number of aromatic nitrogens is 3. The highest BCUT2D eigenvalue weighted by molar-refractivity contribution is 6.26. The number of ketones is 2. The number of hydrogen-bond donors (Lipinski definition) is 1. The Hall–Kier alpha value is -2.34. The third-order valence-corrected chi connectivity index (χ3v) is 3.77. The summed E-state index contributed by atoms with van der Waals surface area (Å²) in [6.45, 7) is 0.769. The molecule has 1 heterocycles. The summed E-state index contributed by atoms with van der Waals surface area (Å²) in [7, 11) is 0. The smallest absolute Gasteiger partial charge is 0.216 e. The first-order valence-electron chi connectivity index (χ1n) is 7.47. The van der Waals surface area contributed by atoms with Crippen molar-refractivity contribution in [3.8, 4) is 0 Å². The zero-order chi connectivity index (χ0) is 15.5. The fourth-order valence-corrected chi connectivity index (χ4v) is 2.61. The molecule has 0 amide bonds. The van der Waals surface area contributed by atoms with Crippen LogP contribution in [0.2, 0.25) is 0 Å². The number of carbonyl (C=O) groups excluding carboxylic acids is 2. The molecule has 0 saturated heterocycles. The monoisotopic (exact) mass is 299 g/mol. The zero-order valence-electron chi connectivity index (χ0n) is 12.2. The molecule has 1 N–H and O–H groups in total. The summed E-state index contributed by atoms with van der Waals surface area (Å²) < 4.78 is 0. The summed E-state index contributed by atoms with van der Waals surface area (Å²) >= 11 is 0. The number of carbonyl (C=O) groups is 2. The SMILES string of the molecule is O=C1c2ccccc2C(=O)c2nn(CCCCCCO)nc21. The average Bonchev–Trinajstić information content (AvgIpc) is 2.97. The first kappa shape index (κ1) is 14.6. The van der Waals surface area contributed by atoms with Crippen LogP contribution in [-0.4, -0.2) is 38.3 Å². The third kappa shape index (κ3) is 2.57. The van der Waals surface area contributed by atoms with E-state index in [-0.39, 0.29) is 29.6 Å². The molecule has 6 nitrogen and oxygen atoms in total. The van der Waals surface area contributed by atoms with Crippen molar-refractivity contribution < 1.29 is 14.7 Å². The Balaban J connectivity index is 1.77. The third-order valence-electron chi connectivity index (χ3n) is 3.77. The Morgan fingerprint density at radius 2 is 1.41 bits per heavy atom. The molecule has 0 radical (unpaired) electrons. The van der Waals surface area contributed by atoms with Gasteiger partial charge in [0.15, 0.2) is 11.4 Å². The van der Waals surface area contributed by atoms with Crippen LogP contribution in [0.4, 0.5) is 0 Å². The van der Waals surface area contributed by atoms with Gasteiger partial charge >= 0.3 is 0 Å². The minimum Gasteiger partial charge on any atom is -0.396 e. The average molecular weight is 299 g/mol. The number of rotatable bonds is 6. The van der Waals surface area contributed by atoms with E-state index in [2.05, 4.69) is 10.2 Å². The van der Waals surface area contributed by atoms with Crippen LogP contribution < -0.4 is 0 Å². The summed E-state index contributed by atoms with van der Waals surface area (Å²) in [5.41, 5.74) is 1.10. The lowest BCUT2D eigenvalue weighted by atomic mass is 9.90. The Labute approximate surface area is 127 Å². The number of aliphatic hydroxyl groups excluding tert-OH is 1. The highest BCUT2D eigenvalue weighted by Gasteiger charge is 2.33. The van der Waals surface area contributed by atoms with E-state index in [0.717, 1.165) is 25.7 Å². The Kier molecular flexibility index (Phi) is 4.11. The number of aryl methyl sites for hydroxylation is 1. The van der Waals surface area contributed by atoms with Crippen LogP contribution in [0, 0.1) is 0 Å². The summed E-state index contributed by atoms with van der Waals surface area (Å²) in [5.74, 6) is -0.478.